The van der Waals surface area contributed by atoms with Gasteiger partial charge in [-0.15, -0.1) is 0 Å². The molecule has 0 atom stereocenters. The van der Waals surface area contributed by atoms with Crippen LogP contribution in [0.25, 0.3) is 0 Å². The monoisotopic (exact) mass is 370 g/mol. The summed E-state index contributed by atoms with van der Waals surface area (Å²) >= 11 is 0. The molecule has 6 nitrogen and oxygen atoms in total. The van der Waals surface area contributed by atoms with Crippen molar-refractivity contribution in [3.8, 4) is 5.75 Å². The van der Waals surface area contributed by atoms with Crippen molar-refractivity contribution in [3.63, 3.8) is 0 Å². The molecule has 0 aromatic carbocycles. The Hall–Kier alpha value is -2.63. The van der Waals surface area contributed by atoms with E-state index in [4.69, 9.17) is 9.47 Å². The average molecular weight is 370 g/mol. The normalized spacial score (nSPS) is 13.4. The average Bonchev–Trinajstić information content (AvgIpc) is 3.46. The van der Waals surface area contributed by atoms with Gasteiger partial charge in [0.1, 0.15) is 11.3 Å². The summed E-state index contributed by atoms with van der Waals surface area (Å²) in [5, 5.41) is 0. The smallest absolute Gasteiger partial charge is 0.343 e. The minimum Gasteiger partial charge on any atom is -0.491 e. The summed E-state index contributed by atoms with van der Waals surface area (Å²) in [7, 11) is 0. The number of hydrogen-bond acceptors (Lipinski definition) is 5. The molecule has 0 N–H and O–H groups in total. The topological polar surface area (TPSA) is 70.4 Å². The maximum absolute atomic E-state index is 11.9. The second-order valence-electron chi connectivity index (χ2n) is 7.00. The van der Waals surface area contributed by atoms with E-state index in [-0.39, 0.29) is 17.6 Å². The van der Waals surface area contributed by atoms with Gasteiger partial charge in [-0.05, 0) is 57.6 Å². The molecule has 2 aromatic heterocycles. The van der Waals surface area contributed by atoms with Crippen LogP contribution in [0.4, 0.5) is 0 Å². The van der Waals surface area contributed by atoms with Gasteiger partial charge in [0.2, 0.25) is 0 Å². The molecule has 0 aliphatic heterocycles. The van der Waals surface area contributed by atoms with E-state index in [1.165, 1.54) is 18.9 Å². The number of hydrogen-bond donors (Lipinski definition) is 0. The molecular weight excluding hydrogens is 344 g/mol. The van der Waals surface area contributed by atoms with Gasteiger partial charge in [-0.1, -0.05) is 0 Å². The summed E-state index contributed by atoms with van der Waals surface area (Å²) in [4.78, 5) is 28.4. The van der Waals surface area contributed by atoms with Gasteiger partial charge >= 0.3 is 5.97 Å². The number of aromatic nitrogens is 2. The molecule has 0 radical (unpaired) electrons. The highest BCUT2D eigenvalue weighted by atomic mass is 16.5. The van der Waals surface area contributed by atoms with Crippen LogP contribution < -0.4 is 10.2 Å². The Morgan fingerprint density at radius 1 is 1.30 bits per heavy atom. The minimum atomic E-state index is -0.583. The lowest BCUT2D eigenvalue weighted by molar-refractivity contribution is 0.0524. The lowest BCUT2D eigenvalue weighted by atomic mass is 10.1. The quantitative estimate of drug-likeness (QED) is 0.668. The Labute approximate surface area is 159 Å². The fourth-order valence-corrected chi connectivity index (χ4v) is 2.91. The Balaban J connectivity index is 1.72. The van der Waals surface area contributed by atoms with Crippen LogP contribution in [0.2, 0.25) is 0 Å². The van der Waals surface area contributed by atoms with Crippen LogP contribution in [0, 0.1) is 19.8 Å². The summed E-state index contributed by atoms with van der Waals surface area (Å²) in [5.41, 5.74) is 2.71. The third kappa shape index (κ3) is 4.96. The Morgan fingerprint density at radius 2 is 2.07 bits per heavy atom. The molecular formula is C21H26N2O4. The molecule has 0 saturated heterocycles. The lowest BCUT2D eigenvalue weighted by Crippen LogP contribution is -2.19. The number of carbonyl (C=O) groups excluding carboxylic acids is 1. The highest BCUT2D eigenvalue weighted by Crippen LogP contribution is 2.30. The van der Waals surface area contributed by atoms with E-state index in [2.05, 4.69) is 11.1 Å². The number of pyridine rings is 2. The van der Waals surface area contributed by atoms with Crippen molar-refractivity contribution in [2.24, 2.45) is 5.92 Å². The fourth-order valence-electron chi connectivity index (χ4n) is 2.91. The summed E-state index contributed by atoms with van der Waals surface area (Å²) in [5.74, 6) is 0.951. The van der Waals surface area contributed by atoms with Gasteiger partial charge < -0.3 is 14.0 Å². The Bertz CT molecular complexity index is 884. The molecule has 0 unspecified atom stereocenters. The first-order valence-corrected chi connectivity index (χ1v) is 9.45. The van der Waals surface area contributed by atoms with Gasteiger partial charge in [-0.3, -0.25) is 9.78 Å². The van der Waals surface area contributed by atoms with Crippen LogP contribution >= 0.6 is 0 Å². The van der Waals surface area contributed by atoms with Crippen LogP contribution in [-0.4, -0.2) is 28.7 Å². The van der Waals surface area contributed by atoms with E-state index in [0.717, 1.165) is 35.7 Å². The largest absolute Gasteiger partial charge is 0.491 e. The predicted octanol–water partition coefficient (Wildman–Crippen LogP) is 3.07. The molecule has 1 saturated carbocycles. The van der Waals surface area contributed by atoms with Crippen molar-refractivity contribution >= 4 is 5.97 Å². The maximum Gasteiger partial charge on any atom is 0.343 e. The number of carbonyl (C=O) groups is 1. The summed E-state index contributed by atoms with van der Waals surface area (Å²) in [6.07, 6.45) is 6.47. The van der Waals surface area contributed by atoms with Crippen LogP contribution in [0.1, 0.15) is 47.1 Å². The number of rotatable bonds is 8. The van der Waals surface area contributed by atoms with Gasteiger partial charge in [0, 0.05) is 30.7 Å². The van der Waals surface area contributed by atoms with Gasteiger partial charge in [0.25, 0.3) is 0 Å². The predicted molar refractivity (Wildman–Crippen MR) is 102 cm³/mol. The third-order valence-electron chi connectivity index (χ3n) is 4.75. The fraction of sp³-hybridized carbons (Fsp3) is 0.476. The number of aryl methyl sites for hydroxylation is 4. The van der Waals surface area contributed by atoms with Crippen LogP contribution in [-0.2, 0) is 17.7 Å². The van der Waals surface area contributed by atoms with Crippen molar-refractivity contribution in [1.29, 1.82) is 0 Å². The molecule has 0 spiro atoms. The SMILES string of the molecule is CCOC(=O)c1cn(CCc2cc(OCC3CC3)c(C)nc2C)ccc1=O. The van der Waals surface area contributed by atoms with Crippen LogP contribution in [0.5, 0.6) is 5.75 Å². The lowest BCUT2D eigenvalue weighted by Gasteiger charge is -2.14. The summed E-state index contributed by atoms with van der Waals surface area (Å²) in [6, 6.07) is 3.46. The number of nitrogens with zero attached hydrogens (tertiary/aromatic N) is 2. The second-order valence-corrected chi connectivity index (χ2v) is 7.00. The summed E-state index contributed by atoms with van der Waals surface area (Å²) in [6.45, 7) is 7.29. The molecule has 3 rings (SSSR count). The molecule has 1 aliphatic rings. The molecule has 0 amide bonds. The molecule has 144 valence electrons. The van der Waals surface area contributed by atoms with Gasteiger partial charge in [0.15, 0.2) is 5.43 Å². The molecule has 0 bridgehead atoms. The van der Waals surface area contributed by atoms with E-state index in [9.17, 15) is 9.59 Å². The van der Waals surface area contributed by atoms with Gasteiger partial charge in [-0.25, -0.2) is 4.79 Å². The summed E-state index contributed by atoms with van der Waals surface area (Å²) < 4.78 is 12.7. The van der Waals surface area contributed by atoms with E-state index in [1.807, 2.05) is 18.4 Å². The minimum absolute atomic E-state index is 0.0616. The van der Waals surface area contributed by atoms with Crippen molar-refractivity contribution in [1.82, 2.24) is 9.55 Å². The van der Waals surface area contributed by atoms with E-state index < -0.39 is 5.97 Å². The van der Waals surface area contributed by atoms with Crippen molar-refractivity contribution in [2.75, 3.05) is 13.2 Å². The molecule has 2 aromatic rings. The standard InChI is InChI=1S/C21H26N2O4/c1-4-26-21(25)18-12-23(10-8-19(18)24)9-7-17-11-20(15(3)22-14(17)2)27-13-16-5-6-16/h8,10-12,16H,4-7,9,13H2,1-3H3. The zero-order chi connectivity index (χ0) is 19.4. The maximum atomic E-state index is 11.9. The molecule has 27 heavy (non-hydrogen) atoms. The Kier molecular flexibility index (Phi) is 5.94. The molecule has 6 heteroatoms. The second kappa shape index (κ2) is 8.37. The molecule has 1 aliphatic carbocycles. The van der Waals surface area contributed by atoms with Crippen molar-refractivity contribution < 1.29 is 14.3 Å². The number of esters is 1. The van der Waals surface area contributed by atoms with Crippen molar-refractivity contribution in [2.45, 2.75) is 46.6 Å². The Morgan fingerprint density at radius 3 is 2.78 bits per heavy atom. The van der Waals surface area contributed by atoms with Crippen LogP contribution in [0.15, 0.2) is 29.3 Å². The van der Waals surface area contributed by atoms with E-state index in [0.29, 0.717) is 12.5 Å². The van der Waals surface area contributed by atoms with Crippen LogP contribution in [0.3, 0.4) is 0 Å². The first kappa shape index (κ1) is 19.1. The first-order valence-electron chi connectivity index (χ1n) is 9.45. The first-order chi connectivity index (χ1) is 13.0. The third-order valence-corrected chi connectivity index (χ3v) is 4.75. The van der Waals surface area contributed by atoms with Gasteiger partial charge in [-0.2, -0.15) is 0 Å². The van der Waals surface area contributed by atoms with E-state index in [1.54, 1.807) is 19.3 Å². The zero-order valence-corrected chi connectivity index (χ0v) is 16.2. The van der Waals surface area contributed by atoms with Gasteiger partial charge in [0.05, 0.1) is 18.9 Å². The number of ether oxygens (including phenoxy) is 2. The highest BCUT2D eigenvalue weighted by Gasteiger charge is 2.22. The van der Waals surface area contributed by atoms with Crippen molar-refractivity contribution in [3.05, 3.63) is 57.3 Å². The zero-order valence-electron chi connectivity index (χ0n) is 16.2. The molecule has 2 heterocycles. The highest BCUT2D eigenvalue weighted by molar-refractivity contribution is 5.88. The van der Waals surface area contributed by atoms with E-state index >= 15 is 0 Å². The molecule has 1 fully saturated rings.